The summed E-state index contributed by atoms with van der Waals surface area (Å²) in [4.78, 5) is 11.2. The van der Waals surface area contributed by atoms with Gasteiger partial charge in [-0.25, -0.2) is 0 Å². The Balaban J connectivity index is 2.08. The van der Waals surface area contributed by atoms with E-state index in [4.69, 9.17) is 4.74 Å². The molecular formula is C17H19NO2. The van der Waals surface area contributed by atoms with E-state index in [1.807, 2.05) is 0 Å². The smallest absolute Gasteiger partial charge is 0.217 e. The van der Waals surface area contributed by atoms with E-state index >= 15 is 0 Å². The molecular weight excluding hydrogens is 250 g/mol. The van der Waals surface area contributed by atoms with Gasteiger partial charge < -0.3 is 10.1 Å². The Hall–Kier alpha value is -2.03. The second kappa shape index (κ2) is 5.16. The van der Waals surface area contributed by atoms with Crippen LogP contribution < -0.4 is 10.1 Å². The van der Waals surface area contributed by atoms with Crippen molar-refractivity contribution in [3.05, 3.63) is 41.5 Å². The van der Waals surface area contributed by atoms with Gasteiger partial charge in [0.25, 0.3) is 0 Å². The van der Waals surface area contributed by atoms with Crippen LogP contribution in [0.3, 0.4) is 0 Å². The van der Waals surface area contributed by atoms with Crippen molar-refractivity contribution < 1.29 is 9.53 Å². The fourth-order valence-corrected chi connectivity index (χ4v) is 3.21. The molecule has 1 amide bonds. The van der Waals surface area contributed by atoms with E-state index in [1.54, 1.807) is 14.0 Å². The Morgan fingerprint density at radius 3 is 2.85 bits per heavy atom. The third-order valence-corrected chi connectivity index (χ3v) is 4.05. The van der Waals surface area contributed by atoms with E-state index in [9.17, 15) is 4.79 Å². The molecule has 1 atom stereocenters. The lowest BCUT2D eigenvalue weighted by Gasteiger charge is -2.27. The first-order valence-corrected chi connectivity index (χ1v) is 7.03. The number of carbonyl (C=O) groups excluding carboxylic acids is 1. The first kappa shape index (κ1) is 13.0. The summed E-state index contributed by atoms with van der Waals surface area (Å²) in [6.45, 7) is 1.58. The monoisotopic (exact) mass is 269 g/mol. The summed E-state index contributed by atoms with van der Waals surface area (Å²) in [6, 6.07) is 10.7. The van der Waals surface area contributed by atoms with Crippen LogP contribution in [0.1, 0.15) is 24.5 Å². The second-order valence-electron chi connectivity index (χ2n) is 5.40. The zero-order chi connectivity index (χ0) is 14.1. The summed E-state index contributed by atoms with van der Waals surface area (Å²) in [5.41, 5.74) is 2.62. The van der Waals surface area contributed by atoms with Gasteiger partial charge in [0.15, 0.2) is 0 Å². The number of ether oxygens (including phenoxy) is 1. The summed E-state index contributed by atoms with van der Waals surface area (Å²) in [5, 5.41) is 5.56. The predicted molar refractivity (Wildman–Crippen MR) is 80.1 cm³/mol. The lowest BCUT2D eigenvalue weighted by Crippen LogP contribution is -2.37. The summed E-state index contributed by atoms with van der Waals surface area (Å²) < 4.78 is 5.56. The molecule has 0 bridgehead atoms. The summed E-state index contributed by atoms with van der Waals surface area (Å²) in [6.07, 6.45) is 2.82. The first-order valence-electron chi connectivity index (χ1n) is 7.03. The third kappa shape index (κ3) is 2.24. The van der Waals surface area contributed by atoms with Gasteiger partial charge in [-0.3, -0.25) is 4.79 Å². The maximum absolute atomic E-state index is 11.2. The highest BCUT2D eigenvalue weighted by molar-refractivity contribution is 5.89. The van der Waals surface area contributed by atoms with Crippen LogP contribution in [0.25, 0.3) is 10.8 Å². The number of amides is 1. The molecule has 3 nitrogen and oxygen atoms in total. The van der Waals surface area contributed by atoms with Crippen LogP contribution in [0.15, 0.2) is 30.3 Å². The average molecular weight is 269 g/mol. The van der Waals surface area contributed by atoms with Crippen LogP contribution in [0.2, 0.25) is 0 Å². The van der Waals surface area contributed by atoms with Crippen LogP contribution in [-0.4, -0.2) is 19.1 Å². The molecule has 0 radical (unpaired) electrons. The van der Waals surface area contributed by atoms with Crippen molar-refractivity contribution in [3.63, 3.8) is 0 Å². The number of hydrogen-bond donors (Lipinski definition) is 1. The molecule has 2 aromatic rings. The zero-order valence-electron chi connectivity index (χ0n) is 11.9. The number of hydrogen-bond acceptors (Lipinski definition) is 2. The minimum Gasteiger partial charge on any atom is -0.496 e. The highest BCUT2D eigenvalue weighted by atomic mass is 16.5. The van der Waals surface area contributed by atoms with E-state index in [0.29, 0.717) is 0 Å². The standard InChI is InChI=1S/C17H19NO2/c1-11(19)18-13-7-8-15-14-6-4-3-5-12(14)9-17(20-2)16(15)10-13/h3-6,9,13H,7-8,10H2,1-2H3,(H,18,19)/t13-/m1/s1. The number of carbonyl (C=O) groups is 1. The van der Waals surface area contributed by atoms with Crippen molar-refractivity contribution in [1.82, 2.24) is 5.32 Å². The third-order valence-electron chi connectivity index (χ3n) is 4.05. The van der Waals surface area contributed by atoms with Gasteiger partial charge in [-0.15, -0.1) is 0 Å². The second-order valence-corrected chi connectivity index (χ2v) is 5.40. The van der Waals surface area contributed by atoms with E-state index < -0.39 is 0 Å². The molecule has 2 aromatic carbocycles. The molecule has 0 saturated carbocycles. The molecule has 0 aliphatic heterocycles. The maximum atomic E-state index is 11.2. The summed E-state index contributed by atoms with van der Waals surface area (Å²) >= 11 is 0. The normalized spacial score (nSPS) is 17.6. The number of aryl methyl sites for hydroxylation is 1. The maximum Gasteiger partial charge on any atom is 0.217 e. The van der Waals surface area contributed by atoms with Gasteiger partial charge in [0.05, 0.1) is 7.11 Å². The van der Waals surface area contributed by atoms with Crippen LogP contribution in [0, 0.1) is 0 Å². The molecule has 0 aromatic heterocycles. The van der Waals surface area contributed by atoms with Crippen LogP contribution >= 0.6 is 0 Å². The van der Waals surface area contributed by atoms with Crippen molar-refractivity contribution in [2.24, 2.45) is 0 Å². The fraction of sp³-hybridized carbons (Fsp3) is 0.353. The molecule has 0 unspecified atom stereocenters. The quantitative estimate of drug-likeness (QED) is 0.910. The van der Waals surface area contributed by atoms with Crippen LogP contribution in [0.5, 0.6) is 5.75 Å². The molecule has 104 valence electrons. The van der Waals surface area contributed by atoms with Crippen molar-refractivity contribution >= 4 is 16.7 Å². The molecule has 3 rings (SSSR count). The highest BCUT2D eigenvalue weighted by Crippen LogP contribution is 2.36. The lowest BCUT2D eigenvalue weighted by atomic mass is 9.84. The minimum absolute atomic E-state index is 0.0400. The van der Waals surface area contributed by atoms with E-state index in [-0.39, 0.29) is 11.9 Å². The van der Waals surface area contributed by atoms with Gasteiger partial charge in [-0.2, -0.15) is 0 Å². The number of rotatable bonds is 2. The van der Waals surface area contributed by atoms with E-state index in [1.165, 1.54) is 21.9 Å². The molecule has 3 heteroatoms. The van der Waals surface area contributed by atoms with Gasteiger partial charge in [0.2, 0.25) is 5.91 Å². The molecule has 1 aliphatic carbocycles. The van der Waals surface area contributed by atoms with Gasteiger partial charge in [-0.1, -0.05) is 24.3 Å². The number of benzene rings is 2. The van der Waals surface area contributed by atoms with Gasteiger partial charge >= 0.3 is 0 Å². The number of methoxy groups -OCH3 is 1. The van der Waals surface area contributed by atoms with E-state index in [0.717, 1.165) is 25.0 Å². The van der Waals surface area contributed by atoms with Crippen LogP contribution in [-0.2, 0) is 17.6 Å². The van der Waals surface area contributed by atoms with Gasteiger partial charge in [0, 0.05) is 13.0 Å². The van der Waals surface area contributed by atoms with Crippen molar-refractivity contribution in [3.8, 4) is 5.75 Å². The summed E-state index contributed by atoms with van der Waals surface area (Å²) in [7, 11) is 1.71. The molecule has 1 aliphatic rings. The SMILES string of the molecule is COc1cc2ccccc2c2c1C[C@H](NC(C)=O)CC2. The Labute approximate surface area is 118 Å². The Bertz CT molecular complexity index is 663. The van der Waals surface area contributed by atoms with E-state index in [2.05, 4.69) is 35.6 Å². The van der Waals surface area contributed by atoms with Crippen molar-refractivity contribution in [2.45, 2.75) is 32.2 Å². The zero-order valence-corrected chi connectivity index (χ0v) is 11.9. The van der Waals surface area contributed by atoms with Gasteiger partial charge in [0.1, 0.15) is 5.75 Å². The molecule has 0 fully saturated rings. The first-order chi connectivity index (χ1) is 9.69. The van der Waals surface area contributed by atoms with Gasteiger partial charge in [-0.05, 0) is 47.2 Å². The Morgan fingerprint density at radius 2 is 2.10 bits per heavy atom. The minimum atomic E-state index is 0.0400. The molecule has 0 heterocycles. The van der Waals surface area contributed by atoms with Crippen molar-refractivity contribution in [2.75, 3.05) is 7.11 Å². The average Bonchev–Trinajstić information content (AvgIpc) is 2.45. The topological polar surface area (TPSA) is 38.3 Å². The molecule has 20 heavy (non-hydrogen) atoms. The number of nitrogens with one attached hydrogen (secondary N) is 1. The Kier molecular flexibility index (Phi) is 3.35. The largest absolute Gasteiger partial charge is 0.496 e. The summed E-state index contributed by atoms with van der Waals surface area (Å²) in [5.74, 6) is 0.979. The number of fused-ring (bicyclic) bond motifs is 3. The highest BCUT2D eigenvalue weighted by Gasteiger charge is 2.24. The fourth-order valence-electron chi connectivity index (χ4n) is 3.21. The van der Waals surface area contributed by atoms with Crippen molar-refractivity contribution in [1.29, 1.82) is 0 Å². The molecule has 1 N–H and O–H groups in total. The van der Waals surface area contributed by atoms with Crippen LogP contribution in [0.4, 0.5) is 0 Å². The molecule has 0 saturated heterocycles. The predicted octanol–water partition coefficient (Wildman–Crippen LogP) is 2.84. The Morgan fingerprint density at radius 1 is 1.30 bits per heavy atom. The lowest BCUT2D eigenvalue weighted by molar-refractivity contribution is -0.119. The molecule has 0 spiro atoms.